The molecule has 0 fully saturated rings. The minimum atomic E-state index is -4.84. The van der Waals surface area contributed by atoms with E-state index in [1.54, 1.807) is 12.1 Å². The second-order valence-electron chi connectivity index (χ2n) is 11.0. The van der Waals surface area contributed by atoms with Gasteiger partial charge in [0.05, 0.1) is 42.5 Å². The Balaban J connectivity index is 0.000000214. The fourth-order valence-electron chi connectivity index (χ4n) is 5.03. The number of amides is 2. The molecule has 0 atom stereocenters. The average molecular weight is 918 g/mol. The molecule has 16 nitrogen and oxygen atoms in total. The van der Waals surface area contributed by atoms with E-state index in [0.717, 1.165) is 12.1 Å². The highest BCUT2D eigenvalue weighted by Gasteiger charge is 2.33. The van der Waals surface area contributed by atoms with Gasteiger partial charge in [-0.15, -0.1) is 26.3 Å². The molecule has 2 heterocycles. The Kier molecular flexibility index (Phi) is 12.1. The molecule has 6 aromatic rings. The molecule has 0 unspecified atom stereocenters. The molecule has 2 amide bonds. The highest BCUT2D eigenvalue weighted by molar-refractivity contribution is 9.11. The minimum absolute atomic E-state index is 0.00802. The molecule has 56 heavy (non-hydrogen) atoms. The lowest BCUT2D eigenvalue weighted by Crippen LogP contribution is -2.19. The van der Waals surface area contributed by atoms with Gasteiger partial charge in [0, 0.05) is 23.5 Å². The first-order chi connectivity index (χ1) is 26.3. The van der Waals surface area contributed by atoms with Gasteiger partial charge in [0.1, 0.15) is 35.6 Å². The molecule has 2 N–H and O–H groups in total. The van der Waals surface area contributed by atoms with Gasteiger partial charge >= 0.3 is 12.7 Å². The molecular formula is C32H20Br2F6N8O8. The van der Waals surface area contributed by atoms with Crippen LogP contribution in [0.5, 0.6) is 11.5 Å². The molecule has 0 bridgehead atoms. The maximum absolute atomic E-state index is 12.3. The largest absolute Gasteiger partial charge is 0.573 e. The number of rotatable bonds is 10. The summed E-state index contributed by atoms with van der Waals surface area (Å²) < 4.78 is 84.0. The number of nitrogens with one attached hydrogen (secondary N) is 2. The summed E-state index contributed by atoms with van der Waals surface area (Å²) in [6.45, 7) is -0.556. The number of non-ortho nitro benzene ring substituents is 2. The Morgan fingerprint density at radius 2 is 1.04 bits per heavy atom. The highest BCUT2D eigenvalue weighted by atomic mass is 79.9. The van der Waals surface area contributed by atoms with E-state index in [0.29, 0.717) is 11.0 Å². The van der Waals surface area contributed by atoms with Gasteiger partial charge in [-0.25, -0.2) is 9.97 Å². The van der Waals surface area contributed by atoms with Crippen molar-refractivity contribution in [3.63, 3.8) is 0 Å². The number of ether oxygens (including phenoxy) is 2. The topological polar surface area (TPSA) is 199 Å². The van der Waals surface area contributed by atoms with Crippen LogP contribution in [-0.4, -0.2) is 53.5 Å². The van der Waals surface area contributed by atoms with Crippen LogP contribution >= 0.6 is 31.9 Å². The first kappa shape index (κ1) is 40.9. The molecule has 6 rings (SSSR count). The fourth-order valence-corrected chi connectivity index (χ4v) is 5.95. The number of carbonyl (C=O) groups excluding carboxylic acids is 2. The smallest absolute Gasteiger partial charge is 0.405 e. The lowest BCUT2D eigenvalue weighted by molar-refractivity contribution is -0.383. The van der Waals surface area contributed by atoms with E-state index in [1.807, 2.05) is 0 Å². The maximum Gasteiger partial charge on any atom is 0.573 e. The van der Waals surface area contributed by atoms with E-state index in [4.69, 9.17) is 0 Å². The van der Waals surface area contributed by atoms with Crippen LogP contribution in [-0.2, 0) is 22.7 Å². The van der Waals surface area contributed by atoms with Crippen molar-refractivity contribution in [2.45, 2.75) is 25.8 Å². The van der Waals surface area contributed by atoms with Crippen molar-refractivity contribution in [1.82, 2.24) is 19.1 Å². The second-order valence-corrected chi connectivity index (χ2v) is 12.7. The Morgan fingerprint density at radius 1 is 0.661 bits per heavy atom. The number of nitro benzene ring substituents is 2. The lowest BCUT2D eigenvalue weighted by Gasteiger charge is -2.12. The first-order valence-corrected chi connectivity index (χ1v) is 16.7. The quantitative estimate of drug-likeness (QED) is 0.0763. The van der Waals surface area contributed by atoms with Gasteiger partial charge in [-0.1, -0.05) is 12.1 Å². The number of fused-ring (bicyclic) bond motifs is 2. The number of para-hydroxylation sites is 2. The van der Waals surface area contributed by atoms with E-state index in [-0.39, 0.29) is 55.8 Å². The molecule has 0 aliphatic heterocycles. The van der Waals surface area contributed by atoms with Crippen LogP contribution in [0, 0.1) is 20.2 Å². The third-order valence-electron chi connectivity index (χ3n) is 7.14. The van der Waals surface area contributed by atoms with Crippen molar-refractivity contribution in [2.24, 2.45) is 0 Å². The van der Waals surface area contributed by atoms with Crippen molar-refractivity contribution in [3.05, 3.63) is 115 Å². The van der Waals surface area contributed by atoms with Crippen molar-refractivity contribution >= 4 is 88.5 Å². The molecule has 24 heteroatoms. The van der Waals surface area contributed by atoms with Crippen LogP contribution in [0.25, 0.3) is 22.1 Å². The number of alkyl halides is 6. The molecule has 0 aliphatic carbocycles. The summed E-state index contributed by atoms with van der Waals surface area (Å²) in [5.74, 6) is -2.01. The maximum atomic E-state index is 12.3. The van der Waals surface area contributed by atoms with E-state index in [9.17, 15) is 56.2 Å². The molecule has 4 aromatic carbocycles. The number of hydrogen-bond acceptors (Lipinski definition) is 10. The van der Waals surface area contributed by atoms with Crippen LogP contribution in [0.4, 0.5) is 49.1 Å². The van der Waals surface area contributed by atoms with Crippen molar-refractivity contribution in [3.8, 4) is 11.5 Å². The number of anilines is 2. The van der Waals surface area contributed by atoms with Crippen molar-refractivity contribution < 1.29 is 55.3 Å². The van der Waals surface area contributed by atoms with E-state index in [2.05, 4.69) is 61.9 Å². The van der Waals surface area contributed by atoms with Gasteiger partial charge in [0.25, 0.3) is 11.4 Å². The van der Waals surface area contributed by atoms with Crippen LogP contribution in [0.2, 0.25) is 0 Å². The number of hydrogen-bond donors (Lipinski definition) is 2. The van der Waals surface area contributed by atoms with Crippen LogP contribution < -0.4 is 20.1 Å². The predicted octanol–water partition coefficient (Wildman–Crippen LogP) is 8.49. The van der Waals surface area contributed by atoms with Gasteiger partial charge in [-0.05, 0) is 80.4 Å². The zero-order chi connectivity index (χ0) is 40.9. The van der Waals surface area contributed by atoms with Crippen LogP contribution in [0.3, 0.4) is 0 Å². The Labute approximate surface area is 324 Å². The van der Waals surface area contributed by atoms with Crippen molar-refractivity contribution in [1.29, 1.82) is 0 Å². The molecule has 0 radical (unpaired) electrons. The predicted molar refractivity (Wildman–Crippen MR) is 192 cm³/mol. The Hall–Kier alpha value is -6.30. The summed E-state index contributed by atoms with van der Waals surface area (Å²) in [7, 11) is 0. The second kappa shape index (κ2) is 16.6. The van der Waals surface area contributed by atoms with Gasteiger partial charge in [0.15, 0.2) is 0 Å². The Morgan fingerprint density at radius 3 is 1.36 bits per heavy atom. The molecule has 0 saturated carbocycles. The zero-order valence-electron chi connectivity index (χ0n) is 27.5. The summed E-state index contributed by atoms with van der Waals surface area (Å²) in [6.07, 6.45) is -7.09. The number of benzene rings is 4. The number of aromatic nitrogens is 4. The number of nitro groups is 2. The number of imidazole rings is 2. The van der Waals surface area contributed by atoms with Gasteiger partial charge in [-0.2, -0.15) is 0 Å². The molecule has 2 aromatic heterocycles. The van der Waals surface area contributed by atoms with Gasteiger partial charge in [0.2, 0.25) is 11.8 Å². The highest BCUT2D eigenvalue weighted by Crippen LogP contribution is 2.34. The van der Waals surface area contributed by atoms with Gasteiger partial charge in [-0.3, -0.25) is 29.8 Å². The zero-order valence-corrected chi connectivity index (χ0v) is 30.6. The van der Waals surface area contributed by atoms with E-state index >= 15 is 0 Å². The lowest BCUT2D eigenvalue weighted by atomic mass is 10.2. The first-order valence-electron chi connectivity index (χ1n) is 15.1. The molecule has 0 spiro atoms. The summed E-state index contributed by atoms with van der Waals surface area (Å²) in [6, 6.07) is 15.8. The van der Waals surface area contributed by atoms with Crippen LogP contribution in [0.1, 0.15) is 0 Å². The fraction of sp³-hybridized carbons (Fsp3) is 0.125. The van der Waals surface area contributed by atoms with Crippen LogP contribution in [0.15, 0.2) is 94.4 Å². The minimum Gasteiger partial charge on any atom is -0.405 e. The SMILES string of the molecule is O=C(Cn1cnc2cccc([N+](=O)[O-])c21)Nc1ccc(OC(F)(F)F)c(Br)c1.O=C(Cn1cnc2cccc([N+](=O)[O-])c21)Nc1ccc(OC(F)(F)F)c(Br)c1. The molecule has 0 saturated heterocycles. The third kappa shape index (κ3) is 10.5. The number of nitrogens with zero attached hydrogens (tertiary/aromatic N) is 6. The summed E-state index contributed by atoms with van der Waals surface area (Å²) in [5.41, 5.74) is 1.14. The summed E-state index contributed by atoms with van der Waals surface area (Å²) in [4.78, 5) is 53.8. The van der Waals surface area contributed by atoms with Gasteiger partial charge < -0.3 is 29.2 Å². The third-order valence-corrected chi connectivity index (χ3v) is 8.38. The number of halogens is 8. The molecular weight excluding hydrogens is 898 g/mol. The normalized spacial score (nSPS) is 11.4. The number of carbonyl (C=O) groups is 2. The van der Waals surface area contributed by atoms with E-state index < -0.39 is 45.9 Å². The average Bonchev–Trinajstić information content (AvgIpc) is 3.70. The van der Waals surface area contributed by atoms with E-state index in [1.165, 1.54) is 70.3 Å². The van der Waals surface area contributed by atoms with Crippen molar-refractivity contribution in [2.75, 3.05) is 10.6 Å². The Bertz CT molecular complexity index is 2300. The summed E-state index contributed by atoms with van der Waals surface area (Å²) >= 11 is 5.88. The molecule has 292 valence electrons. The monoisotopic (exact) mass is 916 g/mol. The standard InChI is InChI=1S/2C16H10BrF3N4O4/c2*17-10-6-9(4-5-13(10)28-16(18,19)20)22-14(25)7-23-8-21-11-2-1-3-12(15(11)23)24(26)27/h2*1-6,8H,7H2,(H,22,25). The molecule has 0 aliphatic rings. The summed E-state index contributed by atoms with van der Waals surface area (Å²) in [5, 5.41) is 27.4.